The standard InChI is InChI=1S/C25H29N3O5/c1-4-5-14-33-16-22-26-15-21(24(29)27-22)25(30)28-23(17-6-10-19(31-2)11-7-17)18-8-12-20(32-3)13-9-18/h6-13,15,23H,4-5,14,16H2,1-3H3,(H,28,30)(H,26,27,29). The molecule has 0 aliphatic heterocycles. The van der Waals surface area contributed by atoms with Crippen LogP contribution in [0.1, 0.15) is 53.1 Å². The molecule has 0 spiro atoms. The average molecular weight is 452 g/mol. The number of hydrogen-bond acceptors (Lipinski definition) is 6. The molecule has 0 saturated carbocycles. The number of aromatic nitrogens is 2. The predicted octanol–water partition coefficient (Wildman–Crippen LogP) is 3.62. The monoisotopic (exact) mass is 451 g/mol. The average Bonchev–Trinajstić information content (AvgIpc) is 2.85. The van der Waals surface area contributed by atoms with Crippen LogP contribution in [0, 0.1) is 0 Å². The number of H-pyrrole nitrogens is 1. The summed E-state index contributed by atoms with van der Waals surface area (Å²) in [5.41, 5.74) is 1.08. The van der Waals surface area contributed by atoms with Gasteiger partial charge in [0, 0.05) is 12.8 Å². The van der Waals surface area contributed by atoms with Gasteiger partial charge in [0.05, 0.1) is 20.3 Å². The highest BCUT2D eigenvalue weighted by atomic mass is 16.5. The van der Waals surface area contributed by atoms with Crippen LogP contribution >= 0.6 is 0 Å². The highest BCUT2D eigenvalue weighted by molar-refractivity contribution is 5.94. The van der Waals surface area contributed by atoms with Gasteiger partial charge < -0.3 is 24.5 Å². The van der Waals surface area contributed by atoms with Crippen molar-refractivity contribution in [1.82, 2.24) is 15.3 Å². The summed E-state index contributed by atoms with van der Waals surface area (Å²) in [6, 6.07) is 14.3. The Morgan fingerprint density at radius 3 is 2.06 bits per heavy atom. The van der Waals surface area contributed by atoms with Crippen molar-refractivity contribution in [2.75, 3.05) is 20.8 Å². The van der Waals surface area contributed by atoms with E-state index in [-0.39, 0.29) is 12.2 Å². The van der Waals surface area contributed by atoms with Gasteiger partial charge in [-0.05, 0) is 41.8 Å². The summed E-state index contributed by atoms with van der Waals surface area (Å²) in [6.45, 7) is 2.85. The summed E-state index contributed by atoms with van der Waals surface area (Å²) < 4.78 is 16.0. The summed E-state index contributed by atoms with van der Waals surface area (Å²) >= 11 is 0. The molecule has 0 radical (unpaired) electrons. The molecule has 33 heavy (non-hydrogen) atoms. The van der Waals surface area contributed by atoms with Gasteiger partial charge in [0.2, 0.25) is 0 Å². The number of aromatic amines is 1. The van der Waals surface area contributed by atoms with E-state index in [1.807, 2.05) is 48.5 Å². The van der Waals surface area contributed by atoms with E-state index in [9.17, 15) is 9.59 Å². The maximum absolute atomic E-state index is 13.0. The van der Waals surface area contributed by atoms with Gasteiger partial charge in [-0.15, -0.1) is 0 Å². The van der Waals surface area contributed by atoms with Crippen LogP contribution in [0.15, 0.2) is 59.5 Å². The van der Waals surface area contributed by atoms with Gasteiger partial charge in [-0.2, -0.15) is 0 Å². The van der Waals surface area contributed by atoms with Crippen molar-refractivity contribution in [2.45, 2.75) is 32.4 Å². The van der Waals surface area contributed by atoms with Gasteiger partial charge in [0.15, 0.2) is 0 Å². The summed E-state index contributed by atoms with van der Waals surface area (Å²) in [5.74, 6) is 1.26. The molecule has 3 aromatic rings. The molecule has 0 fully saturated rings. The minimum absolute atomic E-state index is 0.0701. The lowest BCUT2D eigenvalue weighted by molar-refractivity contribution is 0.0939. The first-order chi connectivity index (χ1) is 16.0. The molecule has 1 aromatic heterocycles. The molecule has 8 nitrogen and oxygen atoms in total. The number of nitrogens with zero attached hydrogens (tertiary/aromatic N) is 1. The van der Waals surface area contributed by atoms with Gasteiger partial charge in [-0.25, -0.2) is 4.98 Å². The Morgan fingerprint density at radius 1 is 1.00 bits per heavy atom. The fourth-order valence-corrected chi connectivity index (χ4v) is 3.24. The minimum Gasteiger partial charge on any atom is -0.497 e. The summed E-state index contributed by atoms with van der Waals surface area (Å²) in [6.07, 6.45) is 3.24. The van der Waals surface area contributed by atoms with Crippen LogP contribution in [0.3, 0.4) is 0 Å². The zero-order valence-corrected chi connectivity index (χ0v) is 19.1. The smallest absolute Gasteiger partial charge is 0.263 e. The molecular weight excluding hydrogens is 422 g/mol. The van der Waals surface area contributed by atoms with Crippen molar-refractivity contribution in [2.24, 2.45) is 0 Å². The number of amides is 1. The number of carbonyl (C=O) groups is 1. The van der Waals surface area contributed by atoms with Crippen molar-refractivity contribution < 1.29 is 19.0 Å². The molecule has 0 aliphatic carbocycles. The number of hydrogen-bond donors (Lipinski definition) is 2. The number of methoxy groups -OCH3 is 2. The second kappa shape index (κ2) is 11.8. The summed E-state index contributed by atoms with van der Waals surface area (Å²) in [5, 5.41) is 2.95. The van der Waals surface area contributed by atoms with Gasteiger partial charge in [0.1, 0.15) is 29.5 Å². The van der Waals surface area contributed by atoms with Crippen molar-refractivity contribution in [3.8, 4) is 11.5 Å². The first-order valence-corrected chi connectivity index (χ1v) is 10.8. The van der Waals surface area contributed by atoms with Gasteiger partial charge >= 0.3 is 0 Å². The molecule has 2 aromatic carbocycles. The van der Waals surface area contributed by atoms with E-state index in [2.05, 4.69) is 22.2 Å². The zero-order chi connectivity index (χ0) is 23.6. The van der Waals surface area contributed by atoms with Crippen LogP contribution in [0.4, 0.5) is 0 Å². The van der Waals surface area contributed by atoms with E-state index in [1.54, 1.807) is 14.2 Å². The lowest BCUT2D eigenvalue weighted by atomic mass is 9.98. The number of benzene rings is 2. The summed E-state index contributed by atoms with van der Waals surface area (Å²) in [7, 11) is 3.19. The van der Waals surface area contributed by atoms with Crippen LogP contribution in [0.25, 0.3) is 0 Å². The summed E-state index contributed by atoms with van der Waals surface area (Å²) in [4.78, 5) is 32.4. The quantitative estimate of drug-likeness (QED) is 0.432. The molecule has 174 valence electrons. The Hall–Kier alpha value is -3.65. The van der Waals surface area contributed by atoms with Gasteiger partial charge in [0.25, 0.3) is 11.5 Å². The molecule has 1 amide bonds. The Bertz CT molecular complexity index is 1050. The van der Waals surface area contributed by atoms with Crippen molar-refractivity contribution >= 4 is 5.91 Å². The van der Waals surface area contributed by atoms with Crippen molar-refractivity contribution in [3.63, 3.8) is 0 Å². The molecule has 2 N–H and O–H groups in total. The Balaban J connectivity index is 1.82. The number of rotatable bonds is 11. The van der Waals surface area contributed by atoms with Crippen LogP contribution in [0.5, 0.6) is 11.5 Å². The Kier molecular flexibility index (Phi) is 8.60. The van der Waals surface area contributed by atoms with E-state index >= 15 is 0 Å². The van der Waals surface area contributed by atoms with Gasteiger partial charge in [-0.1, -0.05) is 37.6 Å². The van der Waals surface area contributed by atoms with E-state index in [0.717, 1.165) is 24.0 Å². The zero-order valence-electron chi connectivity index (χ0n) is 19.1. The Labute approximate surface area is 192 Å². The molecule has 3 rings (SSSR count). The molecule has 0 saturated heterocycles. The van der Waals surface area contributed by atoms with E-state index < -0.39 is 17.5 Å². The third-order valence-electron chi connectivity index (χ3n) is 5.15. The topological polar surface area (TPSA) is 103 Å². The first-order valence-electron chi connectivity index (χ1n) is 10.8. The third-order valence-corrected chi connectivity index (χ3v) is 5.15. The van der Waals surface area contributed by atoms with E-state index in [1.165, 1.54) is 6.20 Å². The lowest BCUT2D eigenvalue weighted by Crippen LogP contribution is -2.34. The highest BCUT2D eigenvalue weighted by Crippen LogP contribution is 2.26. The third kappa shape index (κ3) is 6.43. The molecule has 1 heterocycles. The maximum atomic E-state index is 13.0. The number of nitrogens with one attached hydrogen (secondary N) is 2. The van der Waals surface area contributed by atoms with Crippen LogP contribution < -0.4 is 20.3 Å². The fraction of sp³-hybridized carbons (Fsp3) is 0.320. The number of carbonyl (C=O) groups excluding carboxylic acids is 1. The number of ether oxygens (including phenoxy) is 3. The second-order valence-electron chi connectivity index (χ2n) is 7.43. The highest BCUT2D eigenvalue weighted by Gasteiger charge is 2.20. The molecular formula is C25H29N3O5. The molecule has 0 bridgehead atoms. The van der Waals surface area contributed by atoms with Crippen molar-refractivity contribution in [3.05, 3.63) is 87.6 Å². The SMILES string of the molecule is CCCCOCc1ncc(C(=O)NC(c2ccc(OC)cc2)c2ccc(OC)cc2)c(=O)[nH]1. The predicted molar refractivity (Wildman–Crippen MR) is 125 cm³/mol. The van der Waals surface area contributed by atoms with Gasteiger partial charge in [-0.3, -0.25) is 9.59 Å². The Morgan fingerprint density at radius 2 is 1.58 bits per heavy atom. The van der Waals surface area contributed by atoms with E-state index in [0.29, 0.717) is 23.9 Å². The van der Waals surface area contributed by atoms with Crippen molar-refractivity contribution in [1.29, 1.82) is 0 Å². The van der Waals surface area contributed by atoms with E-state index in [4.69, 9.17) is 14.2 Å². The molecule has 0 aliphatic rings. The largest absolute Gasteiger partial charge is 0.497 e. The van der Waals surface area contributed by atoms with Crippen LogP contribution in [-0.2, 0) is 11.3 Å². The second-order valence-corrected chi connectivity index (χ2v) is 7.43. The molecule has 8 heteroatoms. The molecule has 0 unspecified atom stereocenters. The van der Waals surface area contributed by atoms with Crippen LogP contribution in [0.2, 0.25) is 0 Å². The lowest BCUT2D eigenvalue weighted by Gasteiger charge is -2.20. The maximum Gasteiger partial charge on any atom is 0.263 e. The molecule has 0 atom stereocenters. The van der Waals surface area contributed by atoms with Crippen LogP contribution in [-0.4, -0.2) is 36.7 Å². The minimum atomic E-state index is -0.529. The first kappa shape index (κ1) is 24.0. The fourth-order valence-electron chi connectivity index (χ4n) is 3.24. The number of unbranched alkanes of at least 4 members (excludes halogenated alkanes) is 1. The normalized spacial score (nSPS) is 10.8.